The Hall–Kier alpha value is -0.930. The molecular weight excluding hydrogens is 250 g/mol. The second kappa shape index (κ2) is 6.30. The number of anilines is 1. The number of aliphatic hydroxyl groups is 1. The molecule has 0 bridgehead atoms. The molecule has 0 saturated heterocycles. The average Bonchev–Trinajstić information content (AvgIpc) is 2.26. The molecule has 1 unspecified atom stereocenters. The summed E-state index contributed by atoms with van der Waals surface area (Å²) in [7, 11) is 0. The van der Waals surface area contributed by atoms with Gasteiger partial charge in [0.25, 0.3) is 0 Å². The van der Waals surface area contributed by atoms with E-state index in [9.17, 15) is 5.11 Å². The largest absolute Gasteiger partial charge is 0.491 e. The summed E-state index contributed by atoms with van der Waals surface area (Å²) in [6.07, 6.45) is 0.948. The molecule has 0 aliphatic heterocycles. The Morgan fingerprint density at radius 2 is 2.11 bits per heavy atom. The summed E-state index contributed by atoms with van der Waals surface area (Å²) in [5, 5.41) is 13.8. The summed E-state index contributed by atoms with van der Waals surface area (Å²) in [6, 6.07) is 5.35. The minimum Gasteiger partial charge on any atom is -0.491 e. The highest BCUT2D eigenvalue weighted by Gasteiger charge is 2.23. The molecule has 2 N–H and O–H groups in total. The zero-order valence-corrected chi connectivity index (χ0v) is 12.2. The first-order chi connectivity index (χ1) is 8.34. The third-order valence-corrected chi connectivity index (χ3v) is 3.07. The van der Waals surface area contributed by atoms with Crippen LogP contribution < -0.4 is 10.1 Å². The van der Waals surface area contributed by atoms with Gasteiger partial charge in [-0.25, -0.2) is 0 Å². The first kappa shape index (κ1) is 15.1. The van der Waals surface area contributed by atoms with Crippen molar-refractivity contribution < 1.29 is 9.84 Å². The zero-order chi connectivity index (χ0) is 13.8. The lowest BCUT2D eigenvalue weighted by atomic mass is 10.0. The minimum atomic E-state index is -0.815. The van der Waals surface area contributed by atoms with Crippen LogP contribution in [0.4, 0.5) is 5.69 Å². The lowest BCUT2D eigenvalue weighted by Gasteiger charge is -2.28. The van der Waals surface area contributed by atoms with Crippen molar-refractivity contribution in [3.8, 4) is 5.75 Å². The van der Waals surface area contributed by atoms with Gasteiger partial charge in [-0.3, -0.25) is 0 Å². The van der Waals surface area contributed by atoms with Crippen molar-refractivity contribution in [3.63, 3.8) is 0 Å². The van der Waals surface area contributed by atoms with Gasteiger partial charge in [0.15, 0.2) is 0 Å². The number of benzene rings is 1. The van der Waals surface area contributed by atoms with Crippen molar-refractivity contribution in [2.75, 3.05) is 11.9 Å². The van der Waals surface area contributed by atoms with Crippen LogP contribution in [0.1, 0.15) is 34.1 Å². The van der Waals surface area contributed by atoms with Gasteiger partial charge in [-0.2, -0.15) is 0 Å². The third-order valence-electron chi connectivity index (χ3n) is 2.83. The number of rotatable bonds is 6. The van der Waals surface area contributed by atoms with E-state index in [1.807, 2.05) is 19.1 Å². The first-order valence-electron chi connectivity index (χ1n) is 6.26. The van der Waals surface area contributed by atoms with Crippen LogP contribution in [0.3, 0.4) is 0 Å². The van der Waals surface area contributed by atoms with E-state index >= 15 is 0 Å². The molecule has 0 saturated carbocycles. The van der Waals surface area contributed by atoms with Crippen molar-refractivity contribution in [2.45, 2.75) is 45.8 Å². The van der Waals surface area contributed by atoms with Gasteiger partial charge in [0.05, 0.1) is 23.9 Å². The summed E-state index contributed by atoms with van der Waals surface area (Å²) < 4.78 is 5.65. The molecule has 1 atom stereocenters. The summed E-state index contributed by atoms with van der Waals surface area (Å²) in [4.78, 5) is 0. The van der Waals surface area contributed by atoms with E-state index in [0.717, 1.165) is 17.9 Å². The topological polar surface area (TPSA) is 41.5 Å². The Labute approximate surface area is 114 Å². The fraction of sp³-hybridized carbons (Fsp3) is 0.571. The predicted octanol–water partition coefficient (Wildman–Crippen LogP) is 3.70. The van der Waals surface area contributed by atoms with Crippen LogP contribution in [0, 0.1) is 0 Å². The number of nitrogens with one attached hydrogen (secondary N) is 1. The van der Waals surface area contributed by atoms with Crippen molar-refractivity contribution in [2.24, 2.45) is 0 Å². The number of hydrogen-bond acceptors (Lipinski definition) is 3. The van der Waals surface area contributed by atoms with Crippen LogP contribution in [0.5, 0.6) is 5.75 Å². The lowest BCUT2D eigenvalue weighted by molar-refractivity contribution is 0.0648. The van der Waals surface area contributed by atoms with E-state index < -0.39 is 5.60 Å². The normalized spacial score (nSPS) is 13.2. The highest BCUT2D eigenvalue weighted by molar-refractivity contribution is 6.30. The van der Waals surface area contributed by atoms with Crippen LogP contribution in [0.2, 0.25) is 5.02 Å². The van der Waals surface area contributed by atoms with Gasteiger partial charge in [-0.1, -0.05) is 18.5 Å². The van der Waals surface area contributed by atoms with Gasteiger partial charge in [0, 0.05) is 5.02 Å². The van der Waals surface area contributed by atoms with Gasteiger partial charge < -0.3 is 15.2 Å². The molecule has 1 rings (SSSR count). The maximum Gasteiger partial charge on any atom is 0.142 e. The molecular formula is C14H22ClNO2. The second-order valence-corrected chi connectivity index (χ2v) is 5.45. The maximum absolute atomic E-state index is 9.95. The van der Waals surface area contributed by atoms with Crippen LogP contribution in [-0.2, 0) is 0 Å². The Morgan fingerprint density at radius 1 is 1.44 bits per heavy atom. The van der Waals surface area contributed by atoms with Crippen molar-refractivity contribution in [1.82, 2.24) is 0 Å². The van der Waals surface area contributed by atoms with Gasteiger partial charge in [-0.15, -0.1) is 0 Å². The number of halogens is 1. The molecule has 0 aliphatic rings. The summed E-state index contributed by atoms with van der Waals surface area (Å²) in [6.45, 7) is 8.17. The standard InChI is InChI=1S/C14H22ClNO2/c1-5-8-18-13-7-6-11(15)9-12(13)16-10(2)14(3,4)17/h6-7,9-10,16-17H,5,8H2,1-4H3. The molecule has 1 aromatic carbocycles. The number of ether oxygens (including phenoxy) is 1. The summed E-state index contributed by atoms with van der Waals surface area (Å²) in [5.41, 5.74) is -0.00442. The van der Waals surface area contributed by atoms with Crippen LogP contribution >= 0.6 is 11.6 Å². The Morgan fingerprint density at radius 3 is 2.67 bits per heavy atom. The summed E-state index contributed by atoms with van der Waals surface area (Å²) >= 11 is 5.99. The molecule has 0 heterocycles. The van der Waals surface area contributed by atoms with Gasteiger partial charge in [-0.05, 0) is 45.4 Å². The fourth-order valence-corrected chi connectivity index (χ4v) is 1.53. The molecule has 0 spiro atoms. The van der Waals surface area contributed by atoms with Crippen molar-refractivity contribution in [3.05, 3.63) is 23.2 Å². The van der Waals surface area contributed by atoms with Crippen LogP contribution in [0.15, 0.2) is 18.2 Å². The molecule has 0 radical (unpaired) electrons. The first-order valence-corrected chi connectivity index (χ1v) is 6.63. The van der Waals surface area contributed by atoms with E-state index in [1.165, 1.54) is 0 Å². The van der Waals surface area contributed by atoms with Crippen molar-refractivity contribution in [1.29, 1.82) is 0 Å². The Balaban J connectivity index is 2.88. The van der Waals surface area contributed by atoms with E-state index in [-0.39, 0.29) is 6.04 Å². The van der Waals surface area contributed by atoms with E-state index in [1.54, 1.807) is 19.9 Å². The summed E-state index contributed by atoms with van der Waals surface area (Å²) in [5.74, 6) is 0.761. The fourth-order valence-electron chi connectivity index (χ4n) is 1.36. The Kier molecular flexibility index (Phi) is 5.29. The highest BCUT2D eigenvalue weighted by atomic mass is 35.5. The zero-order valence-electron chi connectivity index (χ0n) is 11.5. The maximum atomic E-state index is 9.95. The van der Waals surface area contributed by atoms with Gasteiger partial charge in [0.2, 0.25) is 0 Å². The van der Waals surface area contributed by atoms with E-state index in [2.05, 4.69) is 12.2 Å². The molecule has 0 fully saturated rings. The minimum absolute atomic E-state index is 0.111. The number of hydrogen-bond donors (Lipinski definition) is 2. The monoisotopic (exact) mass is 271 g/mol. The SMILES string of the molecule is CCCOc1ccc(Cl)cc1NC(C)C(C)(C)O. The average molecular weight is 272 g/mol. The molecule has 0 aromatic heterocycles. The lowest BCUT2D eigenvalue weighted by Crippen LogP contribution is -2.39. The molecule has 3 nitrogen and oxygen atoms in total. The molecule has 102 valence electrons. The van der Waals surface area contributed by atoms with E-state index in [4.69, 9.17) is 16.3 Å². The molecule has 18 heavy (non-hydrogen) atoms. The van der Waals surface area contributed by atoms with E-state index in [0.29, 0.717) is 11.6 Å². The third kappa shape index (κ3) is 4.39. The quantitative estimate of drug-likeness (QED) is 0.829. The molecule has 1 aromatic rings. The predicted molar refractivity (Wildman–Crippen MR) is 76.6 cm³/mol. The molecule has 0 aliphatic carbocycles. The smallest absolute Gasteiger partial charge is 0.142 e. The Bertz CT molecular complexity index is 388. The molecule has 4 heteroatoms. The highest BCUT2D eigenvalue weighted by Crippen LogP contribution is 2.30. The van der Waals surface area contributed by atoms with Crippen LogP contribution in [0.25, 0.3) is 0 Å². The molecule has 0 amide bonds. The second-order valence-electron chi connectivity index (χ2n) is 5.01. The van der Waals surface area contributed by atoms with Crippen LogP contribution in [-0.4, -0.2) is 23.4 Å². The van der Waals surface area contributed by atoms with Gasteiger partial charge >= 0.3 is 0 Å². The van der Waals surface area contributed by atoms with Gasteiger partial charge in [0.1, 0.15) is 5.75 Å². The van der Waals surface area contributed by atoms with Crippen molar-refractivity contribution >= 4 is 17.3 Å².